The molecule has 0 radical (unpaired) electrons. The van der Waals surface area contributed by atoms with Gasteiger partial charge < -0.3 is 5.32 Å². The van der Waals surface area contributed by atoms with Gasteiger partial charge in [0.15, 0.2) is 0 Å². The molecule has 0 aromatic carbocycles. The molecule has 4 nitrogen and oxygen atoms in total. The number of nitrogens with zero attached hydrogens (tertiary/aromatic N) is 1. The van der Waals surface area contributed by atoms with Crippen molar-refractivity contribution < 1.29 is 0 Å². The maximum atomic E-state index is 5.37. The van der Waals surface area contributed by atoms with Crippen LogP contribution in [-0.4, -0.2) is 18.5 Å². The third kappa shape index (κ3) is 6.33. The van der Waals surface area contributed by atoms with Crippen LogP contribution in [0, 0.1) is 5.92 Å². The fourth-order valence-electron chi connectivity index (χ4n) is 1.41. The van der Waals surface area contributed by atoms with Gasteiger partial charge in [-0.05, 0) is 25.2 Å². The van der Waals surface area contributed by atoms with Gasteiger partial charge in [0.1, 0.15) is 0 Å². The van der Waals surface area contributed by atoms with Crippen molar-refractivity contribution in [2.45, 2.75) is 52.0 Å². The number of rotatable bonds is 6. The third-order valence-electron chi connectivity index (χ3n) is 2.51. The summed E-state index contributed by atoms with van der Waals surface area (Å²) in [4.78, 5) is 4.39. The van der Waals surface area contributed by atoms with Gasteiger partial charge in [0.2, 0.25) is 5.96 Å². The van der Waals surface area contributed by atoms with E-state index in [0.29, 0.717) is 6.04 Å². The normalized spacial score (nSPS) is 16.9. The Hall–Kier alpha value is -0.770. The second-order valence-corrected chi connectivity index (χ2v) is 4.68. The van der Waals surface area contributed by atoms with Gasteiger partial charge >= 0.3 is 0 Å². The van der Waals surface area contributed by atoms with Crippen LogP contribution >= 0.6 is 0 Å². The number of hydrazine groups is 1. The summed E-state index contributed by atoms with van der Waals surface area (Å²) >= 11 is 0. The van der Waals surface area contributed by atoms with Crippen LogP contribution in [0.2, 0.25) is 0 Å². The minimum atomic E-state index is 0.607. The van der Waals surface area contributed by atoms with Crippen LogP contribution in [0.4, 0.5) is 0 Å². The second kappa shape index (κ2) is 6.67. The first-order chi connectivity index (χ1) is 7.22. The smallest absolute Gasteiger partial charge is 0.205 e. The number of guanidine groups is 1. The monoisotopic (exact) mass is 212 g/mol. The maximum absolute atomic E-state index is 5.37. The molecule has 0 amide bonds. The first-order valence-corrected chi connectivity index (χ1v) is 6.00. The van der Waals surface area contributed by atoms with E-state index in [1.165, 1.54) is 25.7 Å². The molecular formula is C11H24N4. The van der Waals surface area contributed by atoms with Crippen LogP contribution in [0.3, 0.4) is 0 Å². The minimum absolute atomic E-state index is 0.607. The van der Waals surface area contributed by atoms with Crippen molar-refractivity contribution in [3.63, 3.8) is 0 Å². The molecule has 1 fully saturated rings. The van der Waals surface area contributed by atoms with Crippen molar-refractivity contribution >= 4 is 5.96 Å². The van der Waals surface area contributed by atoms with Gasteiger partial charge in [-0.15, -0.1) is 0 Å². The molecule has 1 saturated carbocycles. The summed E-state index contributed by atoms with van der Waals surface area (Å²) in [5, 5.41) is 3.25. The summed E-state index contributed by atoms with van der Waals surface area (Å²) in [6.45, 7) is 5.38. The summed E-state index contributed by atoms with van der Waals surface area (Å²) in [6, 6.07) is 0.607. The lowest BCUT2D eigenvalue weighted by Crippen LogP contribution is -2.42. The molecule has 0 aliphatic heterocycles. The largest absolute Gasteiger partial charge is 0.353 e. The highest BCUT2D eigenvalue weighted by atomic mass is 15.3. The summed E-state index contributed by atoms with van der Waals surface area (Å²) in [6.07, 6.45) is 6.18. The van der Waals surface area contributed by atoms with E-state index in [9.17, 15) is 0 Å². The molecule has 0 aromatic rings. The number of nitrogens with two attached hydrogens (primary N) is 1. The van der Waals surface area contributed by atoms with Crippen molar-refractivity contribution in [3.05, 3.63) is 0 Å². The topological polar surface area (TPSA) is 62.4 Å². The molecule has 0 aromatic heterocycles. The number of hydrogen-bond acceptors (Lipinski definition) is 2. The SMILES string of the molecule is CC(C)CCCCN=C(NN)NC1CC1. The van der Waals surface area contributed by atoms with Gasteiger partial charge in [0.05, 0.1) is 0 Å². The lowest BCUT2D eigenvalue weighted by Gasteiger charge is -2.07. The summed E-state index contributed by atoms with van der Waals surface area (Å²) in [5.74, 6) is 6.92. The quantitative estimate of drug-likeness (QED) is 0.205. The summed E-state index contributed by atoms with van der Waals surface area (Å²) in [5.41, 5.74) is 2.61. The molecule has 0 heterocycles. The zero-order valence-corrected chi connectivity index (χ0v) is 9.92. The van der Waals surface area contributed by atoms with E-state index in [1.54, 1.807) is 0 Å². The van der Waals surface area contributed by atoms with E-state index in [-0.39, 0.29) is 0 Å². The Bertz CT molecular complexity index is 197. The Balaban J connectivity index is 2.05. The van der Waals surface area contributed by atoms with E-state index in [0.717, 1.165) is 24.8 Å². The molecule has 4 N–H and O–H groups in total. The molecule has 4 heteroatoms. The molecule has 1 aliphatic carbocycles. The minimum Gasteiger partial charge on any atom is -0.353 e. The highest BCUT2D eigenvalue weighted by molar-refractivity contribution is 5.79. The standard InChI is InChI=1S/C11H24N4/c1-9(2)5-3-4-8-13-11(15-12)14-10-6-7-10/h9-10H,3-8,12H2,1-2H3,(H2,13,14,15). The zero-order valence-electron chi connectivity index (χ0n) is 9.92. The van der Waals surface area contributed by atoms with E-state index >= 15 is 0 Å². The predicted octanol–water partition coefficient (Wildman–Crippen LogP) is 1.38. The van der Waals surface area contributed by atoms with E-state index < -0.39 is 0 Å². The molecule has 15 heavy (non-hydrogen) atoms. The number of aliphatic imine (C=N–C) groups is 1. The van der Waals surface area contributed by atoms with Gasteiger partial charge in [-0.1, -0.05) is 26.7 Å². The number of nitrogens with one attached hydrogen (secondary N) is 2. The molecule has 0 spiro atoms. The molecule has 0 unspecified atom stereocenters. The van der Waals surface area contributed by atoms with Gasteiger partial charge in [-0.2, -0.15) is 0 Å². The average Bonchev–Trinajstić information content (AvgIpc) is 2.99. The second-order valence-electron chi connectivity index (χ2n) is 4.68. The summed E-state index contributed by atoms with van der Waals surface area (Å²) < 4.78 is 0. The van der Waals surface area contributed by atoms with E-state index in [4.69, 9.17) is 5.84 Å². The molecule has 1 rings (SSSR count). The van der Waals surface area contributed by atoms with Crippen molar-refractivity contribution in [2.75, 3.05) is 6.54 Å². The Morgan fingerprint density at radius 2 is 2.13 bits per heavy atom. The van der Waals surface area contributed by atoms with Crippen molar-refractivity contribution in [1.29, 1.82) is 0 Å². The molecule has 0 bridgehead atoms. The van der Waals surface area contributed by atoms with Crippen LogP contribution in [0.5, 0.6) is 0 Å². The van der Waals surface area contributed by atoms with Crippen LogP contribution in [0.1, 0.15) is 46.0 Å². The lowest BCUT2D eigenvalue weighted by molar-refractivity contribution is 0.541. The number of unbranched alkanes of at least 4 members (excludes halogenated alkanes) is 1. The van der Waals surface area contributed by atoms with Crippen LogP contribution in [0.25, 0.3) is 0 Å². The average molecular weight is 212 g/mol. The Kier molecular flexibility index (Phi) is 5.47. The van der Waals surface area contributed by atoms with Crippen LogP contribution < -0.4 is 16.6 Å². The van der Waals surface area contributed by atoms with Gasteiger partial charge in [0, 0.05) is 12.6 Å². The molecule has 88 valence electrons. The fourth-order valence-corrected chi connectivity index (χ4v) is 1.41. The maximum Gasteiger partial charge on any atom is 0.205 e. The molecule has 0 atom stereocenters. The zero-order chi connectivity index (χ0) is 11.1. The number of hydrogen-bond donors (Lipinski definition) is 3. The van der Waals surface area contributed by atoms with Gasteiger partial charge in [0.25, 0.3) is 0 Å². The first kappa shape index (κ1) is 12.3. The lowest BCUT2D eigenvalue weighted by atomic mass is 10.1. The molecular weight excluding hydrogens is 188 g/mol. The van der Waals surface area contributed by atoms with E-state index in [2.05, 4.69) is 29.6 Å². The van der Waals surface area contributed by atoms with Crippen molar-refractivity contribution in [3.8, 4) is 0 Å². The van der Waals surface area contributed by atoms with Crippen LogP contribution in [-0.2, 0) is 0 Å². The van der Waals surface area contributed by atoms with Crippen LogP contribution in [0.15, 0.2) is 4.99 Å². The Morgan fingerprint density at radius 1 is 1.40 bits per heavy atom. The Labute approximate surface area is 92.7 Å². The van der Waals surface area contributed by atoms with E-state index in [1.807, 2.05) is 0 Å². The third-order valence-corrected chi connectivity index (χ3v) is 2.51. The van der Waals surface area contributed by atoms with Gasteiger partial charge in [-0.3, -0.25) is 10.4 Å². The first-order valence-electron chi connectivity index (χ1n) is 6.00. The van der Waals surface area contributed by atoms with Gasteiger partial charge in [-0.25, -0.2) is 5.84 Å². The molecule has 0 saturated heterocycles. The highest BCUT2D eigenvalue weighted by Gasteiger charge is 2.21. The predicted molar refractivity (Wildman–Crippen MR) is 64.5 cm³/mol. The fraction of sp³-hybridized carbons (Fsp3) is 0.909. The molecule has 1 aliphatic rings. The highest BCUT2D eigenvalue weighted by Crippen LogP contribution is 2.18. The van der Waals surface area contributed by atoms with Crippen molar-refractivity contribution in [1.82, 2.24) is 10.7 Å². The summed E-state index contributed by atoms with van der Waals surface area (Å²) in [7, 11) is 0. The van der Waals surface area contributed by atoms with Crippen molar-refractivity contribution in [2.24, 2.45) is 16.8 Å². The Morgan fingerprint density at radius 3 is 2.67 bits per heavy atom.